The molecule has 0 amide bonds. The summed E-state index contributed by atoms with van der Waals surface area (Å²) in [5.41, 5.74) is 6.32. The minimum atomic E-state index is 0.00127. The third kappa shape index (κ3) is 2.32. The van der Waals surface area contributed by atoms with Gasteiger partial charge in [-0.3, -0.25) is 4.79 Å². The van der Waals surface area contributed by atoms with Gasteiger partial charge < -0.3 is 15.2 Å². The number of aromatic nitrogens is 1. The van der Waals surface area contributed by atoms with Gasteiger partial charge in [-0.2, -0.15) is 0 Å². The van der Waals surface area contributed by atoms with Crippen LogP contribution in [0.2, 0.25) is 0 Å². The molecular formula is C9H15N3O. The Kier molecular flexibility index (Phi) is 3.08. The van der Waals surface area contributed by atoms with Crippen LogP contribution in [-0.4, -0.2) is 24.7 Å². The molecule has 72 valence electrons. The second-order valence-electron chi connectivity index (χ2n) is 3.04. The third-order valence-electron chi connectivity index (χ3n) is 1.99. The van der Waals surface area contributed by atoms with E-state index in [4.69, 9.17) is 5.73 Å². The van der Waals surface area contributed by atoms with Gasteiger partial charge in [0.2, 0.25) is 0 Å². The first-order valence-corrected chi connectivity index (χ1v) is 4.23. The Balaban J connectivity index is 2.90. The topological polar surface area (TPSA) is 51.3 Å². The van der Waals surface area contributed by atoms with E-state index >= 15 is 0 Å². The van der Waals surface area contributed by atoms with Crippen LogP contribution in [0, 0.1) is 0 Å². The maximum Gasteiger partial charge on any atom is 0.252 e. The van der Waals surface area contributed by atoms with Gasteiger partial charge in [0.25, 0.3) is 5.56 Å². The van der Waals surface area contributed by atoms with Crippen molar-refractivity contribution < 1.29 is 0 Å². The van der Waals surface area contributed by atoms with Gasteiger partial charge >= 0.3 is 0 Å². The number of pyridine rings is 1. The van der Waals surface area contributed by atoms with E-state index in [9.17, 15) is 4.79 Å². The zero-order valence-electron chi connectivity index (χ0n) is 8.03. The summed E-state index contributed by atoms with van der Waals surface area (Å²) in [5, 5.41) is 0. The molecule has 1 aromatic heterocycles. The molecule has 1 aromatic rings. The highest BCUT2D eigenvalue weighted by Gasteiger charge is 2.00. The molecule has 2 N–H and O–H groups in total. The van der Waals surface area contributed by atoms with E-state index in [1.165, 1.54) is 0 Å². The summed E-state index contributed by atoms with van der Waals surface area (Å²) in [6, 6.07) is 3.51. The second-order valence-corrected chi connectivity index (χ2v) is 3.04. The summed E-state index contributed by atoms with van der Waals surface area (Å²) in [6.07, 6.45) is 1.75. The smallest absolute Gasteiger partial charge is 0.252 e. The predicted molar refractivity (Wildman–Crippen MR) is 54.0 cm³/mol. The number of aryl methyl sites for hydroxylation is 1. The molecule has 0 aromatic carbocycles. The largest absolute Gasteiger partial charge is 0.373 e. The molecule has 1 heterocycles. The van der Waals surface area contributed by atoms with E-state index < -0.39 is 0 Å². The average molecular weight is 181 g/mol. The summed E-state index contributed by atoms with van der Waals surface area (Å²) < 4.78 is 1.54. The van der Waals surface area contributed by atoms with Crippen LogP contribution in [0.5, 0.6) is 0 Å². The average Bonchev–Trinajstić information content (AvgIpc) is 2.10. The van der Waals surface area contributed by atoms with Gasteiger partial charge in [0.05, 0.1) is 0 Å². The Morgan fingerprint density at radius 1 is 1.62 bits per heavy atom. The summed E-state index contributed by atoms with van der Waals surface area (Å²) in [5.74, 6) is 0. The molecule has 0 aliphatic rings. The van der Waals surface area contributed by atoms with Crippen molar-refractivity contribution in [2.45, 2.75) is 0 Å². The maximum atomic E-state index is 11.3. The molecule has 0 saturated heterocycles. The summed E-state index contributed by atoms with van der Waals surface area (Å²) >= 11 is 0. The molecule has 0 spiro atoms. The molecule has 13 heavy (non-hydrogen) atoms. The molecule has 0 aliphatic heterocycles. The van der Waals surface area contributed by atoms with Gasteiger partial charge in [-0.05, 0) is 6.07 Å². The van der Waals surface area contributed by atoms with Crippen LogP contribution in [0.1, 0.15) is 0 Å². The third-order valence-corrected chi connectivity index (χ3v) is 1.99. The van der Waals surface area contributed by atoms with Gasteiger partial charge in [-0.1, -0.05) is 0 Å². The van der Waals surface area contributed by atoms with Crippen LogP contribution in [0.4, 0.5) is 5.69 Å². The Morgan fingerprint density at radius 2 is 2.31 bits per heavy atom. The van der Waals surface area contributed by atoms with Gasteiger partial charge in [-0.15, -0.1) is 0 Å². The van der Waals surface area contributed by atoms with Gasteiger partial charge in [-0.25, -0.2) is 0 Å². The fraction of sp³-hybridized carbons (Fsp3) is 0.444. The SMILES string of the molecule is CN(CCN)c1ccn(C)c(=O)c1. The van der Waals surface area contributed by atoms with Crippen LogP contribution in [0.15, 0.2) is 23.1 Å². The lowest BCUT2D eigenvalue weighted by Gasteiger charge is -2.17. The fourth-order valence-corrected chi connectivity index (χ4v) is 1.10. The van der Waals surface area contributed by atoms with Crippen molar-refractivity contribution in [2.24, 2.45) is 12.8 Å². The Morgan fingerprint density at radius 3 is 2.85 bits per heavy atom. The molecule has 4 nitrogen and oxygen atoms in total. The van der Waals surface area contributed by atoms with E-state index in [1.54, 1.807) is 23.9 Å². The summed E-state index contributed by atoms with van der Waals surface area (Å²) in [4.78, 5) is 13.2. The second kappa shape index (κ2) is 4.09. The molecule has 0 unspecified atom stereocenters. The van der Waals surface area contributed by atoms with Crippen LogP contribution in [-0.2, 0) is 7.05 Å². The molecular weight excluding hydrogens is 166 g/mol. The number of nitrogens with two attached hydrogens (primary N) is 1. The predicted octanol–water partition coefficient (Wildman–Crippen LogP) is -0.220. The van der Waals surface area contributed by atoms with Crippen LogP contribution >= 0.6 is 0 Å². The molecule has 0 atom stereocenters. The highest BCUT2D eigenvalue weighted by atomic mass is 16.1. The van der Waals surface area contributed by atoms with Crippen molar-refractivity contribution in [3.63, 3.8) is 0 Å². The van der Waals surface area contributed by atoms with Crippen LogP contribution in [0.25, 0.3) is 0 Å². The lowest BCUT2D eigenvalue weighted by molar-refractivity contribution is 0.841. The number of likely N-dealkylation sites (N-methyl/N-ethyl adjacent to an activating group) is 1. The first kappa shape index (κ1) is 9.80. The van der Waals surface area contributed by atoms with Crippen molar-refractivity contribution >= 4 is 5.69 Å². The van der Waals surface area contributed by atoms with Crippen LogP contribution in [0.3, 0.4) is 0 Å². The van der Waals surface area contributed by atoms with E-state index in [-0.39, 0.29) is 5.56 Å². The number of anilines is 1. The zero-order chi connectivity index (χ0) is 9.84. The first-order chi connectivity index (χ1) is 6.15. The van der Waals surface area contributed by atoms with Crippen molar-refractivity contribution in [3.8, 4) is 0 Å². The summed E-state index contributed by atoms with van der Waals surface area (Å²) in [7, 11) is 3.65. The van der Waals surface area contributed by atoms with Crippen molar-refractivity contribution in [1.29, 1.82) is 0 Å². The number of nitrogens with zero attached hydrogens (tertiary/aromatic N) is 2. The lowest BCUT2D eigenvalue weighted by atomic mass is 10.3. The molecule has 0 radical (unpaired) electrons. The molecule has 0 aliphatic carbocycles. The van der Waals surface area contributed by atoms with E-state index in [2.05, 4.69) is 0 Å². The van der Waals surface area contributed by atoms with Gasteiger partial charge in [0.15, 0.2) is 0 Å². The molecule has 0 bridgehead atoms. The maximum absolute atomic E-state index is 11.3. The molecule has 1 rings (SSSR count). The Hall–Kier alpha value is -1.29. The minimum Gasteiger partial charge on any atom is -0.373 e. The van der Waals surface area contributed by atoms with Gasteiger partial charge in [0.1, 0.15) is 0 Å². The lowest BCUT2D eigenvalue weighted by Crippen LogP contribution is -2.27. The molecule has 4 heteroatoms. The Labute approximate surface area is 77.6 Å². The van der Waals surface area contributed by atoms with E-state index in [0.717, 1.165) is 12.2 Å². The minimum absolute atomic E-state index is 0.00127. The van der Waals surface area contributed by atoms with Gasteiger partial charge in [0, 0.05) is 45.1 Å². The fourth-order valence-electron chi connectivity index (χ4n) is 1.10. The monoisotopic (exact) mass is 181 g/mol. The standard InChI is InChI=1S/C9H15N3O/c1-11(6-4-10)8-3-5-12(2)9(13)7-8/h3,5,7H,4,6,10H2,1-2H3. The number of hydrogen-bond acceptors (Lipinski definition) is 3. The van der Waals surface area contributed by atoms with Crippen molar-refractivity contribution in [3.05, 3.63) is 28.7 Å². The zero-order valence-corrected chi connectivity index (χ0v) is 8.03. The quantitative estimate of drug-likeness (QED) is 0.701. The number of rotatable bonds is 3. The van der Waals surface area contributed by atoms with Crippen molar-refractivity contribution in [1.82, 2.24) is 4.57 Å². The summed E-state index contributed by atoms with van der Waals surface area (Å²) in [6.45, 7) is 1.35. The molecule has 0 saturated carbocycles. The first-order valence-electron chi connectivity index (χ1n) is 4.23. The van der Waals surface area contributed by atoms with E-state index in [1.807, 2.05) is 18.0 Å². The molecule has 0 fully saturated rings. The Bertz CT molecular complexity index is 332. The highest BCUT2D eigenvalue weighted by molar-refractivity contribution is 5.43. The highest BCUT2D eigenvalue weighted by Crippen LogP contribution is 2.06. The number of hydrogen-bond donors (Lipinski definition) is 1. The van der Waals surface area contributed by atoms with Crippen LogP contribution < -0.4 is 16.2 Å². The van der Waals surface area contributed by atoms with E-state index in [0.29, 0.717) is 6.54 Å². The van der Waals surface area contributed by atoms with Crippen molar-refractivity contribution in [2.75, 3.05) is 25.0 Å². The normalized spacial score (nSPS) is 10.1.